The van der Waals surface area contributed by atoms with Crippen molar-refractivity contribution in [2.24, 2.45) is 0 Å². The monoisotopic (exact) mass is 329 g/mol. The maximum absolute atomic E-state index is 13.0. The largest absolute Gasteiger partial charge is 0.497 e. The normalized spacial score (nSPS) is 14.5. The number of ether oxygens (including phenoxy) is 1. The van der Waals surface area contributed by atoms with Crippen LogP contribution in [-0.4, -0.2) is 22.1 Å². The van der Waals surface area contributed by atoms with Gasteiger partial charge in [0.1, 0.15) is 5.75 Å². The van der Waals surface area contributed by atoms with Gasteiger partial charge < -0.3 is 4.74 Å². The minimum atomic E-state index is -3.60. The van der Waals surface area contributed by atoms with Gasteiger partial charge in [-0.2, -0.15) is 0 Å². The highest BCUT2D eigenvalue weighted by Gasteiger charge is 2.30. The number of methoxy groups -OCH3 is 1. The van der Waals surface area contributed by atoms with Crippen molar-refractivity contribution in [3.63, 3.8) is 0 Å². The number of aryl methyl sites for hydroxylation is 1. The first-order valence-electron chi connectivity index (χ1n) is 7.39. The standard InChI is InChI=1S/C18H19NO3S/c1-13-4-7-16(8-5-13)23(20,21)19-11-10-14(2)17-9-6-15(22-3)12-18(17)19/h4-9,12H,2,10-11H2,1,3H3. The van der Waals surface area contributed by atoms with Crippen molar-refractivity contribution >= 4 is 21.3 Å². The topological polar surface area (TPSA) is 46.6 Å². The lowest BCUT2D eigenvalue weighted by atomic mass is 9.99. The smallest absolute Gasteiger partial charge is 0.264 e. The Morgan fingerprint density at radius 1 is 1.13 bits per heavy atom. The van der Waals surface area contributed by atoms with Crippen LogP contribution in [-0.2, 0) is 10.0 Å². The third-order valence-corrected chi connectivity index (χ3v) is 5.91. The quantitative estimate of drug-likeness (QED) is 0.864. The minimum Gasteiger partial charge on any atom is -0.497 e. The van der Waals surface area contributed by atoms with Gasteiger partial charge in [0, 0.05) is 18.2 Å². The fourth-order valence-electron chi connectivity index (χ4n) is 2.72. The Kier molecular flexibility index (Phi) is 3.90. The summed E-state index contributed by atoms with van der Waals surface area (Å²) in [4.78, 5) is 0.296. The highest BCUT2D eigenvalue weighted by Crippen LogP contribution is 2.39. The summed E-state index contributed by atoms with van der Waals surface area (Å²) in [7, 11) is -2.04. The van der Waals surface area contributed by atoms with Crippen molar-refractivity contribution in [3.8, 4) is 5.75 Å². The molecule has 1 aliphatic heterocycles. The lowest BCUT2D eigenvalue weighted by Crippen LogP contribution is -2.35. The summed E-state index contributed by atoms with van der Waals surface area (Å²) in [6, 6.07) is 12.4. The predicted octanol–water partition coefficient (Wildman–Crippen LogP) is 3.62. The van der Waals surface area contributed by atoms with Gasteiger partial charge >= 0.3 is 0 Å². The molecule has 120 valence electrons. The van der Waals surface area contributed by atoms with Gasteiger partial charge in [0.2, 0.25) is 0 Å². The van der Waals surface area contributed by atoms with Gasteiger partial charge in [0.25, 0.3) is 10.0 Å². The summed E-state index contributed by atoms with van der Waals surface area (Å²) in [5.41, 5.74) is 3.45. The first-order chi connectivity index (χ1) is 10.9. The van der Waals surface area contributed by atoms with Gasteiger partial charge in [0.15, 0.2) is 0 Å². The van der Waals surface area contributed by atoms with E-state index in [1.807, 2.05) is 31.2 Å². The van der Waals surface area contributed by atoms with Crippen LogP contribution in [0.15, 0.2) is 53.9 Å². The molecule has 23 heavy (non-hydrogen) atoms. The Labute approximate surface area is 137 Å². The van der Waals surface area contributed by atoms with Crippen LogP contribution in [0.4, 0.5) is 5.69 Å². The summed E-state index contributed by atoms with van der Waals surface area (Å²) in [6.45, 7) is 6.37. The van der Waals surface area contributed by atoms with Crippen molar-refractivity contribution in [3.05, 3.63) is 60.2 Å². The van der Waals surface area contributed by atoms with Crippen molar-refractivity contribution in [1.82, 2.24) is 0 Å². The second-order valence-electron chi connectivity index (χ2n) is 5.63. The Bertz CT molecular complexity index is 854. The number of rotatable bonds is 3. The molecule has 1 heterocycles. The fourth-order valence-corrected chi connectivity index (χ4v) is 4.20. The molecule has 0 radical (unpaired) electrons. The van der Waals surface area contributed by atoms with Gasteiger partial charge in [-0.05, 0) is 43.2 Å². The highest BCUT2D eigenvalue weighted by molar-refractivity contribution is 7.92. The zero-order valence-electron chi connectivity index (χ0n) is 13.2. The second kappa shape index (κ2) is 5.74. The van der Waals surface area contributed by atoms with Crippen LogP contribution < -0.4 is 9.04 Å². The van der Waals surface area contributed by atoms with Crippen LogP contribution in [0.5, 0.6) is 5.75 Å². The Morgan fingerprint density at radius 2 is 1.83 bits per heavy atom. The van der Waals surface area contributed by atoms with E-state index in [0.717, 1.165) is 16.7 Å². The van der Waals surface area contributed by atoms with E-state index in [0.29, 0.717) is 29.3 Å². The van der Waals surface area contributed by atoms with Crippen LogP contribution in [0.25, 0.3) is 5.57 Å². The Hall–Kier alpha value is -2.27. The number of hydrogen-bond donors (Lipinski definition) is 0. The van der Waals surface area contributed by atoms with Crippen molar-refractivity contribution in [2.75, 3.05) is 18.0 Å². The highest BCUT2D eigenvalue weighted by atomic mass is 32.2. The zero-order chi connectivity index (χ0) is 16.6. The van der Waals surface area contributed by atoms with Crippen LogP contribution in [0, 0.1) is 6.92 Å². The molecule has 0 spiro atoms. The van der Waals surface area contributed by atoms with Gasteiger partial charge in [-0.3, -0.25) is 4.31 Å². The average molecular weight is 329 g/mol. The molecular weight excluding hydrogens is 310 g/mol. The molecule has 0 aliphatic carbocycles. The first kappa shape index (κ1) is 15.6. The number of anilines is 1. The molecule has 0 aromatic heterocycles. The number of hydrogen-bond acceptors (Lipinski definition) is 3. The number of sulfonamides is 1. The first-order valence-corrected chi connectivity index (χ1v) is 8.83. The number of benzene rings is 2. The van der Waals surface area contributed by atoms with Crippen LogP contribution in [0.1, 0.15) is 17.5 Å². The van der Waals surface area contributed by atoms with Gasteiger partial charge in [-0.1, -0.05) is 24.3 Å². The van der Waals surface area contributed by atoms with E-state index in [1.54, 1.807) is 25.3 Å². The van der Waals surface area contributed by atoms with Crippen molar-refractivity contribution in [1.29, 1.82) is 0 Å². The van der Waals surface area contributed by atoms with Gasteiger partial charge in [-0.15, -0.1) is 0 Å². The summed E-state index contributed by atoms with van der Waals surface area (Å²) in [5.74, 6) is 0.627. The van der Waals surface area contributed by atoms with Gasteiger partial charge in [0.05, 0.1) is 17.7 Å². The molecule has 0 saturated carbocycles. The van der Waals surface area contributed by atoms with E-state index in [-0.39, 0.29) is 0 Å². The molecule has 1 aliphatic rings. The lowest BCUT2D eigenvalue weighted by Gasteiger charge is -2.31. The molecule has 0 bridgehead atoms. The van der Waals surface area contributed by atoms with E-state index in [9.17, 15) is 8.42 Å². The predicted molar refractivity (Wildman–Crippen MR) is 92.4 cm³/mol. The van der Waals surface area contributed by atoms with E-state index in [4.69, 9.17) is 4.74 Å². The lowest BCUT2D eigenvalue weighted by molar-refractivity contribution is 0.415. The summed E-state index contributed by atoms with van der Waals surface area (Å²) < 4.78 is 32.7. The molecule has 4 nitrogen and oxygen atoms in total. The van der Waals surface area contributed by atoms with Crippen molar-refractivity contribution < 1.29 is 13.2 Å². The van der Waals surface area contributed by atoms with E-state index < -0.39 is 10.0 Å². The van der Waals surface area contributed by atoms with Crippen LogP contribution in [0.2, 0.25) is 0 Å². The summed E-state index contributed by atoms with van der Waals surface area (Å²) in [5, 5.41) is 0. The molecule has 3 rings (SSSR count). The second-order valence-corrected chi connectivity index (χ2v) is 7.49. The van der Waals surface area contributed by atoms with Crippen LogP contribution >= 0.6 is 0 Å². The molecular formula is C18H19NO3S. The molecule has 0 atom stereocenters. The van der Waals surface area contributed by atoms with Crippen LogP contribution in [0.3, 0.4) is 0 Å². The summed E-state index contributed by atoms with van der Waals surface area (Å²) in [6.07, 6.45) is 0.615. The van der Waals surface area contributed by atoms with Gasteiger partial charge in [-0.25, -0.2) is 8.42 Å². The number of fused-ring (bicyclic) bond motifs is 1. The Morgan fingerprint density at radius 3 is 2.48 bits per heavy atom. The molecule has 0 saturated heterocycles. The Balaban J connectivity index is 2.12. The third kappa shape index (κ3) is 2.72. The maximum atomic E-state index is 13.0. The molecule has 2 aromatic carbocycles. The molecule has 0 fully saturated rings. The summed E-state index contributed by atoms with van der Waals surface area (Å²) >= 11 is 0. The molecule has 0 unspecified atom stereocenters. The fraction of sp³-hybridized carbons (Fsp3) is 0.222. The average Bonchev–Trinajstić information content (AvgIpc) is 2.55. The van der Waals surface area contributed by atoms with E-state index >= 15 is 0 Å². The molecule has 5 heteroatoms. The molecule has 2 aromatic rings. The van der Waals surface area contributed by atoms with E-state index in [2.05, 4.69) is 6.58 Å². The third-order valence-electron chi connectivity index (χ3n) is 4.08. The zero-order valence-corrected chi connectivity index (χ0v) is 14.1. The van der Waals surface area contributed by atoms with E-state index in [1.165, 1.54) is 4.31 Å². The number of nitrogens with zero attached hydrogens (tertiary/aromatic N) is 1. The molecule has 0 amide bonds. The molecule has 0 N–H and O–H groups in total. The SMILES string of the molecule is C=C1CCN(S(=O)(=O)c2ccc(C)cc2)c2cc(OC)ccc21. The van der Waals surface area contributed by atoms with Crippen molar-refractivity contribution in [2.45, 2.75) is 18.2 Å². The minimum absolute atomic E-state index is 0.296. The maximum Gasteiger partial charge on any atom is 0.264 e.